The van der Waals surface area contributed by atoms with E-state index in [0.717, 1.165) is 10.5 Å². The molecule has 0 unspecified atom stereocenters. The minimum Gasteiger partial charge on any atom is -0.398 e. The van der Waals surface area contributed by atoms with Gasteiger partial charge in [-0.2, -0.15) is 0 Å². The van der Waals surface area contributed by atoms with E-state index in [-0.39, 0.29) is 5.91 Å². The fourth-order valence-electron chi connectivity index (χ4n) is 1.80. The molecule has 0 atom stereocenters. The molecule has 0 aromatic heterocycles. The molecule has 2 N–H and O–H groups in total. The highest BCUT2D eigenvalue weighted by Gasteiger charge is 2.10. The summed E-state index contributed by atoms with van der Waals surface area (Å²) in [6.07, 6.45) is 0. The van der Waals surface area contributed by atoms with E-state index in [0.29, 0.717) is 23.0 Å². The molecule has 0 heterocycles. The Bertz CT molecular complexity index is 619. The van der Waals surface area contributed by atoms with Gasteiger partial charge in [0.15, 0.2) is 0 Å². The SMILES string of the molecule is CN(Cc1ccccc1)C(=O)CSc1ccc(N)c(Cl)c1. The molecular weight excluding hydrogens is 304 g/mol. The van der Waals surface area contributed by atoms with Gasteiger partial charge in [-0.3, -0.25) is 4.79 Å². The Hall–Kier alpha value is -1.65. The molecule has 0 aliphatic heterocycles. The Labute approximate surface area is 134 Å². The number of carbonyl (C=O) groups is 1. The topological polar surface area (TPSA) is 46.3 Å². The van der Waals surface area contributed by atoms with Gasteiger partial charge in [-0.25, -0.2) is 0 Å². The number of anilines is 1. The van der Waals surface area contributed by atoms with E-state index < -0.39 is 0 Å². The second-order valence-corrected chi connectivity index (χ2v) is 6.16. The zero-order valence-corrected chi connectivity index (χ0v) is 13.3. The Morgan fingerprint density at radius 2 is 1.95 bits per heavy atom. The van der Waals surface area contributed by atoms with Crippen molar-refractivity contribution in [3.63, 3.8) is 0 Å². The van der Waals surface area contributed by atoms with Gasteiger partial charge in [-0.05, 0) is 23.8 Å². The predicted octanol–water partition coefficient (Wildman–Crippen LogP) is 3.67. The van der Waals surface area contributed by atoms with Crippen LogP contribution in [-0.4, -0.2) is 23.6 Å². The highest BCUT2D eigenvalue weighted by atomic mass is 35.5. The molecular formula is C16H17ClN2OS. The van der Waals surface area contributed by atoms with Crippen LogP contribution in [0.3, 0.4) is 0 Å². The van der Waals surface area contributed by atoms with Gasteiger partial charge in [0.05, 0.1) is 16.5 Å². The van der Waals surface area contributed by atoms with Crippen LogP contribution in [0.1, 0.15) is 5.56 Å². The molecule has 0 radical (unpaired) electrons. The maximum absolute atomic E-state index is 12.1. The van der Waals surface area contributed by atoms with Crippen molar-refractivity contribution in [1.29, 1.82) is 0 Å². The van der Waals surface area contributed by atoms with Crippen molar-refractivity contribution < 1.29 is 4.79 Å². The molecule has 110 valence electrons. The van der Waals surface area contributed by atoms with E-state index in [1.807, 2.05) is 43.4 Å². The van der Waals surface area contributed by atoms with E-state index in [1.165, 1.54) is 11.8 Å². The van der Waals surface area contributed by atoms with Crippen molar-refractivity contribution in [2.75, 3.05) is 18.5 Å². The van der Waals surface area contributed by atoms with Crippen LogP contribution < -0.4 is 5.73 Å². The van der Waals surface area contributed by atoms with Crippen LogP contribution in [0.5, 0.6) is 0 Å². The van der Waals surface area contributed by atoms with Gasteiger partial charge in [0.2, 0.25) is 5.91 Å². The maximum atomic E-state index is 12.1. The maximum Gasteiger partial charge on any atom is 0.232 e. The normalized spacial score (nSPS) is 10.4. The van der Waals surface area contributed by atoms with Crippen molar-refractivity contribution in [3.05, 3.63) is 59.1 Å². The van der Waals surface area contributed by atoms with Crippen LogP contribution in [0.15, 0.2) is 53.4 Å². The number of rotatable bonds is 5. The summed E-state index contributed by atoms with van der Waals surface area (Å²) in [5.74, 6) is 0.459. The number of hydrogen-bond donors (Lipinski definition) is 1. The summed E-state index contributed by atoms with van der Waals surface area (Å²) >= 11 is 7.42. The smallest absolute Gasteiger partial charge is 0.232 e. The molecule has 2 aromatic carbocycles. The third-order valence-electron chi connectivity index (χ3n) is 3.02. The van der Waals surface area contributed by atoms with E-state index in [4.69, 9.17) is 17.3 Å². The average molecular weight is 321 g/mol. The molecule has 0 aliphatic carbocycles. The summed E-state index contributed by atoms with van der Waals surface area (Å²) in [4.78, 5) is 14.8. The number of amides is 1. The number of nitrogen functional groups attached to an aromatic ring is 1. The largest absolute Gasteiger partial charge is 0.398 e. The molecule has 2 rings (SSSR count). The second kappa shape index (κ2) is 7.38. The molecule has 3 nitrogen and oxygen atoms in total. The Morgan fingerprint density at radius 3 is 2.62 bits per heavy atom. The minimum absolute atomic E-state index is 0.0804. The number of carbonyl (C=O) groups excluding carboxylic acids is 1. The highest BCUT2D eigenvalue weighted by molar-refractivity contribution is 8.00. The van der Waals surface area contributed by atoms with E-state index in [2.05, 4.69) is 0 Å². The first-order valence-corrected chi connectivity index (χ1v) is 7.88. The number of thioether (sulfide) groups is 1. The first-order chi connectivity index (χ1) is 10.1. The van der Waals surface area contributed by atoms with Gasteiger partial charge < -0.3 is 10.6 Å². The molecule has 21 heavy (non-hydrogen) atoms. The summed E-state index contributed by atoms with van der Waals surface area (Å²) in [5.41, 5.74) is 7.33. The molecule has 0 spiro atoms. The molecule has 0 saturated heterocycles. The van der Waals surface area contributed by atoms with Gasteiger partial charge in [0, 0.05) is 18.5 Å². The van der Waals surface area contributed by atoms with Crippen LogP contribution >= 0.6 is 23.4 Å². The van der Waals surface area contributed by atoms with E-state index in [9.17, 15) is 4.79 Å². The lowest BCUT2D eigenvalue weighted by molar-refractivity contribution is -0.127. The van der Waals surface area contributed by atoms with Crippen molar-refractivity contribution in [3.8, 4) is 0 Å². The zero-order chi connectivity index (χ0) is 15.2. The lowest BCUT2D eigenvalue weighted by Gasteiger charge is -2.17. The van der Waals surface area contributed by atoms with Crippen molar-refractivity contribution in [2.45, 2.75) is 11.4 Å². The number of nitrogens with zero attached hydrogens (tertiary/aromatic N) is 1. The quantitative estimate of drug-likeness (QED) is 0.675. The molecule has 0 saturated carbocycles. The first kappa shape index (κ1) is 15.7. The summed E-state index contributed by atoms with van der Waals surface area (Å²) < 4.78 is 0. The van der Waals surface area contributed by atoms with E-state index >= 15 is 0 Å². The van der Waals surface area contributed by atoms with Crippen molar-refractivity contribution in [2.24, 2.45) is 0 Å². The van der Waals surface area contributed by atoms with Gasteiger partial charge in [0.25, 0.3) is 0 Å². The fraction of sp³-hybridized carbons (Fsp3) is 0.188. The first-order valence-electron chi connectivity index (χ1n) is 6.52. The third kappa shape index (κ3) is 4.69. The Balaban J connectivity index is 1.87. The van der Waals surface area contributed by atoms with Crippen molar-refractivity contribution >= 4 is 35.0 Å². The Kier molecular flexibility index (Phi) is 5.53. The minimum atomic E-state index is 0.0804. The van der Waals surface area contributed by atoms with Crippen LogP contribution in [0, 0.1) is 0 Å². The van der Waals surface area contributed by atoms with Crippen LogP contribution in [-0.2, 0) is 11.3 Å². The van der Waals surface area contributed by atoms with Crippen LogP contribution in [0.4, 0.5) is 5.69 Å². The molecule has 5 heteroatoms. The van der Waals surface area contributed by atoms with Gasteiger partial charge >= 0.3 is 0 Å². The summed E-state index contributed by atoms with van der Waals surface area (Å²) in [7, 11) is 1.81. The number of halogens is 1. The monoisotopic (exact) mass is 320 g/mol. The van der Waals surface area contributed by atoms with Gasteiger partial charge in [-0.15, -0.1) is 11.8 Å². The van der Waals surface area contributed by atoms with Crippen LogP contribution in [0.25, 0.3) is 0 Å². The fourth-order valence-corrected chi connectivity index (χ4v) is 2.92. The summed E-state index contributed by atoms with van der Waals surface area (Å²) in [6, 6.07) is 15.3. The Morgan fingerprint density at radius 1 is 1.24 bits per heavy atom. The zero-order valence-electron chi connectivity index (χ0n) is 11.8. The predicted molar refractivity (Wildman–Crippen MR) is 89.5 cm³/mol. The lowest BCUT2D eigenvalue weighted by Crippen LogP contribution is -2.27. The molecule has 2 aromatic rings. The van der Waals surface area contributed by atoms with Gasteiger partial charge in [0.1, 0.15) is 0 Å². The average Bonchev–Trinajstić information content (AvgIpc) is 2.49. The molecule has 0 aliphatic rings. The summed E-state index contributed by atoms with van der Waals surface area (Å²) in [6.45, 7) is 0.614. The van der Waals surface area contributed by atoms with Crippen LogP contribution in [0.2, 0.25) is 5.02 Å². The summed E-state index contributed by atoms with van der Waals surface area (Å²) in [5, 5.41) is 0.519. The third-order valence-corrected chi connectivity index (χ3v) is 4.33. The number of hydrogen-bond acceptors (Lipinski definition) is 3. The molecule has 0 fully saturated rings. The highest BCUT2D eigenvalue weighted by Crippen LogP contribution is 2.26. The number of nitrogens with two attached hydrogens (primary N) is 1. The standard InChI is InChI=1S/C16H17ClN2OS/c1-19(10-12-5-3-2-4-6-12)16(20)11-21-13-7-8-15(18)14(17)9-13/h2-9H,10-11,18H2,1H3. The van der Waals surface area contributed by atoms with E-state index in [1.54, 1.807) is 17.0 Å². The molecule has 0 bridgehead atoms. The number of benzene rings is 2. The van der Waals surface area contributed by atoms with Crippen molar-refractivity contribution in [1.82, 2.24) is 4.90 Å². The second-order valence-electron chi connectivity index (χ2n) is 4.71. The van der Waals surface area contributed by atoms with Gasteiger partial charge in [-0.1, -0.05) is 41.9 Å². The lowest BCUT2D eigenvalue weighted by atomic mass is 10.2. The molecule has 1 amide bonds.